The zero-order valence-corrected chi connectivity index (χ0v) is 9.51. The van der Waals surface area contributed by atoms with Crippen LogP contribution in [-0.2, 0) is 0 Å². The largest absolute Gasteiger partial charge is 0.493 e. The summed E-state index contributed by atoms with van der Waals surface area (Å²) >= 11 is 5.90. The standard InChI is InChI=1S/C10H12ClNO3/c1-5(13)8-6(11)4-7(14-2)10(15-3)9(8)12/h4H,12H2,1-3H3. The van der Waals surface area contributed by atoms with Gasteiger partial charge >= 0.3 is 0 Å². The number of ether oxygens (including phenoxy) is 2. The molecular weight excluding hydrogens is 218 g/mol. The molecule has 0 aliphatic heterocycles. The summed E-state index contributed by atoms with van der Waals surface area (Å²) in [4.78, 5) is 11.3. The molecule has 0 radical (unpaired) electrons. The van der Waals surface area contributed by atoms with Gasteiger partial charge in [0.25, 0.3) is 0 Å². The van der Waals surface area contributed by atoms with Crippen LogP contribution in [0.15, 0.2) is 6.07 Å². The van der Waals surface area contributed by atoms with E-state index < -0.39 is 0 Å². The number of nitrogen functional groups attached to an aromatic ring is 1. The van der Waals surface area contributed by atoms with Crippen molar-refractivity contribution in [2.45, 2.75) is 6.92 Å². The van der Waals surface area contributed by atoms with Gasteiger partial charge < -0.3 is 15.2 Å². The van der Waals surface area contributed by atoms with E-state index in [1.165, 1.54) is 27.2 Å². The molecule has 0 amide bonds. The van der Waals surface area contributed by atoms with Gasteiger partial charge in [0.05, 0.1) is 30.5 Å². The Balaban J connectivity index is 3.51. The molecule has 0 aliphatic rings. The predicted molar refractivity (Wildman–Crippen MR) is 59.0 cm³/mol. The fraction of sp³-hybridized carbons (Fsp3) is 0.300. The maximum absolute atomic E-state index is 11.3. The lowest BCUT2D eigenvalue weighted by molar-refractivity contribution is 0.101. The molecule has 1 aromatic rings. The summed E-state index contributed by atoms with van der Waals surface area (Å²) in [5, 5.41) is 0.262. The zero-order chi connectivity index (χ0) is 11.6. The first-order chi connectivity index (χ1) is 7.02. The fourth-order valence-corrected chi connectivity index (χ4v) is 1.68. The molecule has 0 aliphatic carbocycles. The summed E-state index contributed by atoms with van der Waals surface area (Å²) in [5.41, 5.74) is 6.22. The molecule has 1 rings (SSSR count). The predicted octanol–water partition coefficient (Wildman–Crippen LogP) is 2.14. The number of ketones is 1. The normalized spacial score (nSPS) is 9.87. The van der Waals surface area contributed by atoms with Gasteiger partial charge in [0, 0.05) is 6.07 Å². The van der Waals surface area contributed by atoms with Crippen LogP contribution in [0.5, 0.6) is 11.5 Å². The molecule has 5 heteroatoms. The number of anilines is 1. The number of nitrogens with two attached hydrogens (primary N) is 1. The second-order valence-corrected chi connectivity index (χ2v) is 3.35. The Bertz CT molecular complexity index is 404. The van der Waals surface area contributed by atoms with Crippen LogP contribution in [0, 0.1) is 0 Å². The van der Waals surface area contributed by atoms with Crippen LogP contribution in [0.4, 0.5) is 5.69 Å². The number of rotatable bonds is 3. The maximum atomic E-state index is 11.3. The van der Waals surface area contributed by atoms with Crippen molar-refractivity contribution in [3.63, 3.8) is 0 Å². The molecule has 0 saturated carbocycles. The molecule has 0 saturated heterocycles. The minimum absolute atomic E-state index is 0.203. The molecule has 0 heterocycles. The number of hydrogen-bond donors (Lipinski definition) is 1. The van der Waals surface area contributed by atoms with Crippen molar-refractivity contribution in [3.8, 4) is 11.5 Å². The summed E-state index contributed by atoms with van der Waals surface area (Å²) in [7, 11) is 2.92. The Morgan fingerprint density at radius 2 is 2.00 bits per heavy atom. The number of carbonyl (C=O) groups is 1. The minimum Gasteiger partial charge on any atom is -0.493 e. The number of Topliss-reactive ketones (excluding diaryl/α,β-unsaturated/α-hetero) is 1. The highest BCUT2D eigenvalue weighted by molar-refractivity contribution is 6.35. The molecule has 0 spiro atoms. The van der Waals surface area contributed by atoms with Crippen LogP contribution in [0.2, 0.25) is 5.02 Å². The van der Waals surface area contributed by atoms with E-state index in [-0.39, 0.29) is 22.1 Å². The Labute approximate surface area is 92.9 Å². The molecular formula is C10H12ClNO3. The van der Waals surface area contributed by atoms with Crippen LogP contribution in [0.25, 0.3) is 0 Å². The summed E-state index contributed by atoms with van der Waals surface area (Å²) < 4.78 is 10.1. The lowest BCUT2D eigenvalue weighted by Gasteiger charge is -2.13. The molecule has 0 fully saturated rings. The van der Waals surface area contributed by atoms with E-state index in [2.05, 4.69) is 0 Å². The summed E-state index contributed by atoms with van der Waals surface area (Å²) in [6.07, 6.45) is 0. The van der Waals surface area contributed by atoms with Crippen LogP contribution >= 0.6 is 11.6 Å². The van der Waals surface area contributed by atoms with Crippen molar-refractivity contribution >= 4 is 23.1 Å². The van der Waals surface area contributed by atoms with E-state index in [0.717, 1.165) is 0 Å². The first-order valence-electron chi connectivity index (χ1n) is 4.23. The Kier molecular flexibility index (Phi) is 3.42. The molecule has 15 heavy (non-hydrogen) atoms. The summed E-state index contributed by atoms with van der Waals surface area (Å²) in [6, 6.07) is 1.51. The third kappa shape index (κ3) is 1.99. The van der Waals surface area contributed by atoms with Crippen molar-refractivity contribution in [2.24, 2.45) is 0 Å². The van der Waals surface area contributed by atoms with Gasteiger partial charge in [-0.05, 0) is 6.92 Å². The third-order valence-corrected chi connectivity index (χ3v) is 2.31. The van der Waals surface area contributed by atoms with E-state index >= 15 is 0 Å². The molecule has 0 unspecified atom stereocenters. The monoisotopic (exact) mass is 229 g/mol. The smallest absolute Gasteiger partial charge is 0.184 e. The maximum Gasteiger partial charge on any atom is 0.184 e. The van der Waals surface area contributed by atoms with E-state index in [0.29, 0.717) is 11.5 Å². The molecule has 0 bridgehead atoms. The molecule has 4 nitrogen and oxygen atoms in total. The number of benzene rings is 1. The molecule has 2 N–H and O–H groups in total. The summed E-state index contributed by atoms with van der Waals surface area (Å²) in [6.45, 7) is 1.39. The number of hydrogen-bond acceptors (Lipinski definition) is 4. The second-order valence-electron chi connectivity index (χ2n) is 2.94. The highest BCUT2D eigenvalue weighted by Gasteiger charge is 2.18. The first kappa shape index (κ1) is 11.7. The van der Waals surface area contributed by atoms with Crippen LogP contribution in [-0.4, -0.2) is 20.0 Å². The van der Waals surface area contributed by atoms with Crippen molar-refractivity contribution in [1.29, 1.82) is 0 Å². The van der Waals surface area contributed by atoms with E-state index in [1.807, 2.05) is 0 Å². The number of methoxy groups -OCH3 is 2. The van der Waals surface area contributed by atoms with Crippen LogP contribution < -0.4 is 15.2 Å². The van der Waals surface area contributed by atoms with E-state index in [4.69, 9.17) is 26.8 Å². The third-order valence-electron chi connectivity index (χ3n) is 2.01. The van der Waals surface area contributed by atoms with Gasteiger partial charge in [0.1, 0.15) is 0 Å². The Hall–Kier alpha value is -1.42. The lowest BCUT2D eigenvalue weighted by atomic mass is 10.1. The average Bonchev–Trinajstić information content (AvgIpc) is 2.16. The van der Waals surface area contributed by atoms with E-state index in [9.17, 15) is 4.79 Å². The molecule has 0 atom stereocenters. The van der Waals surface area contributed by atoms with Crippen molar-refractivity contribution < 1.29 is 14.3 Å². The van der Waals surface area contributed by atoms with Gasteiger partial charge in [-0.25, -0.2) is 0 Å². The van der Waals surface area contributed by atoms with Gasteiger partial charge in [0.2, 0.25) is 0 Å². The molecule has 0 aromatic heterocycles. The van der Waals surface area contributed by atoms with Crippen molar-refractivity contribution in [1.82, 2.24) is 0 Å². The second kappa shape index (κ2) is 4.40. The highest BCUT2D eigenvalue weighted by atomic mass is 35.5. The number of halogens is 1. The van der Waals surface area contributed by atoms with Crippen molar-refractivity contribution in [3.05, 3.63) is 16.7 Å². The molecule has 82 valence electrons. The summed E-state index contributed by atoms with van der Waals surface area (Å²) in [5.74, 6) is 0.524. The SMILES string of the molecule is COc1cc(Cl)c(C(C)=O)c(N)c1OC. The van der Waals surface area contributed by atoms with Crippen molar-refractivity contribution in [2.75, 3.05) is 20.0 Å². The van der Waals surface area contributed by atoms with Gasteiger partial charge in [-0.2, -0.15) is 0 Å². The van der Waals surface area contributed by atoms with Gasteiger partial charge in [-0.15, -0.1) is 0 Å². The van der Waals surface area contributed by atoms with E-state index in [1.54, 1.807) is 0 Å². The quantitative estimate of drug-likeness (QED) is 0.637. The van der Waals surface area contributed by atoms with Gasteiger partial charge in [-0.1, -0.05) is 11.6 Å². The molecule has 1 aromatic carbocycles. The lowest BCUT2D eigenvalue weighted by Crippen LogP contribution is -2.04. The fourth-order valence-electron chi connectivity index (χ4n) is 1.35. The topological polar surface area (TPSA) is 61.5 Å². The average molecular weight is 230 g/mol. The number of carbonyl (C=O) groups excluding carboxylic acids is 1. The van der Waals surface area contributed by atoms with Crippen LogP contribution in [0.3, 0.4) is 0 Å². The highest BCUT2D eigenvalue weighted by Crippen LogP contribution is 2.40. The Morgan fingerprint density at radius 1 is 1.40 bits per heavy atom. The Morgan fingerprint density at radius 3 is 2.40 bits per heavy atom. The van der Waals surface area contributed by atoms with Crippen LogP contribution in [0.1, 0.15) is 17.3 Å². The minimum atomic E-state index is -0.210. The first-order valence-corrected chi connectivity index (χ1v) is 4.61. The van der Waals surface area contributed by atoms with Gasteiger partial charge in [-0.3, -0.25) is 4.79 Å². The van der Waals surface area contributed by atoms with Gasteiger partial charge in [0.15, 0.2) is 17.3 Å². The zero-order valence-electron chi connectivity index (χ0n) is 8.76.